The predicted octanol–water partition coefficient (Wildman–Crippen LogP) is 0.585. The predicted molar refractivity (Wildman–Crippen MR) is 70.9 cm³/mol. The molecule has 0 amide bonds. The molecule has 0 saturated carbocycles. The zero-order valence-corrected chi connectivity index (χ0v) is 11.7. The quantitative estimate of drug-likeness (QED) is 0.849. The third-order valence-electron chi connectivity index (χ3n) is 3.17. The lowest BCUT2D eigenvalue weighted by Gasteiger charge is -2.20. The van der Waals surface area contributed by atoms with Crippen LogP contribution >= 0.6 is 0 Å². The van der Waals surface area contributed by atoms with Crippen LogP contribution in [0, 0.1) is 6.92 Å². The summed E-state index contributed by atoms with van der Waals surface area (Å²) in [5.74, 6) is -0.0364. The van der Waals surface area contributed by atoms with Crippen molar-refractivity contribution in [3.05, 3.63) is 29.3 Å². The van der Waals surface area contributed by atoms with Crippen LogP contribution in [0.4, 0.5) is 0 Å². The van der Waals surface area contributed by atoms with E-state index in [2.05, 4.69) is 0 Å². The Balaban J connectivity index is 2.26. The van der Waals surface area contributed by atoms with E-state index in [-0.39, 0.29) is 11.5 Å². The number of benzene rings is 1. The Hall–Kier alpha value is -1.11. The number of hydrogen-bond donors (Lipinski definition) is 2. The summed E-state index contributed by atoms with van der Waals surface area (Å²) in [6.45, 7) is 3.49. The summed E-state index contributed by atoms with van der Waals surface area (Å²) in [5, 5.41) is 19.4. The zero-order valence-electron chi connectivity index (χ0n) is 10.9. The van der Waals surface area contributed by atoms with Gasteiger partial charge in [0, 0.05) is 5.56 Å². The Morgan fingerprint density at radius 1 is 1.37 bits per heavy atom. The van der Waals surface area contributed by atoms with Gasteiger partial charge in [-0.2, -0.15) is 0 Å². The number of aliphatic hydroxyl groups is 2. The van der Waals surface area contributed by atoms with E-state index in [0.29, 0.717) is 11.3 Å². The fourth-order valence-electron chi connectivity index (χ4n) is 2.16. The van der Waals surface area contributed by atoms with Crippen LogP contribution in [0.5, 0.6) is 5.75 Å². The minimum atomic E-state index is -3.25. The molecule has 1 saturated heterocycles. The van der Waals surface area contributed by atoms with E-state index in [1.807, 2.05) is 13.0 Å². The molecule has 1 fully saturated rings. The SMILES string of the molecule is Cc1ccc([C@H](C)O)c(OC2CS(=O)(=O)CC2O)c1. The maximum absolute atomic E-state index is 11.4. The summed E-state index contributed by atoms with van der Waals surface area (Å²) in [6.07, 6.45) is -2.51. The lowest BCUT2D eigenvalue weighted by Crippen LogP contribution is -2.30. The summed E-state index contributed by atoms with van der Waals surface area (Å²) in [4.78, 5) is 0. The second kappa shape index (κ2) is 5.11. The van der Waals surface area contributed by atoms with Gasteiger partial charge in [0.1, 0.15) is 18.0 Å². The van der Waals surface area contributed by atoms with Crippen LogP contribution < -0.4 is 4.74 Å². The minimum absolute atomic E-state index is 0.193. The van der Waals surface area contributed by atoms with Crippen molar-refractivity contribution in [3.8, 4) is 5.75 Å². The lowest BCUT2D eigenvalue weighted by molar-refractivity contribution is 0.0707. The molecule has 0 bridgehead atoms. The van der Waals surface area contributed by atoms with Gasteiger partial charge in [-0.15, -0.1) is 0 Å². The highest BCUT2D eigenvalue weighted by Crippen LogP contribution is 2.29. The molecular weight excluding hydrogens is 268 g/mol. The van der Waals surface area contributed by atoms with E-state index < -0.39 is 28.1 Å². The van der Waals surface area contributed by atoms with Crippen LogP contribution in [0.2, 0.25) is 0 Å². The average molecular weight is 286 g/mol. The molecule has 2 rings (SSSR count). The Morgan fingerprint density at radius 3 is 2.58 bits per heavy atom. The summed E-state index contributed by atoms with van der Waals surface area (Å²) in [5.41, 5.74) is 1.52. The van der Waals surface area contributed by atoms with Crippen LogP contribution in [-0.4, -0.2) is 42.3 Å². The van der Waals surface area contributed by atoms with Gasteiger partial charge in [0.25, 0.3) is 0 Å². The number of aliphatic hydroxyl groups excluding tert-OH is 2. The van der Waals surface area contributed by atoms with Gasteiger partial charge in [-0.05, 0) is 25.5 Å². The van der Waals surface area contributed by atoms with Crippen LogP contribution in [-0.2, 0) is 9.84 Å². The largest absolute Gasteiger partial charge is 0.486 e. The fraction of sp³-hybridized carbons (Fsp3) is 0.538. The molecule has 0 aliphatic carbocycles. The van der Waals surface area contributed by atoms with Crippen molar-refractivity contribution in [2.24, 2.45) is 0 Å². The smallest absolute Gasteiger partial charge is 0.156 e. The van der Waals surface area contributed by atoms with E-state index in [0.717, 1.165) is 5.56 Å². The van der Waals surface area contributed by atoms with E-state index in [1.54, 1.807) is 19.1 Å². The average Bonchev–Trinajstić information content (AvgIpc) is 2.51. The topological polar surface area (TPSA) is 83.8 Å². The molecule has 19 heavy (non-hydrogen) atoms. The number of aryl methyl sites for hydroxylation is 1. The minimum Gasteiger partial charge on any atom is -0.486 e. The van der Waals surface area contributed by atoms with Crippen molar-refractivity contribution in [2.75, 3.05) is 11.5 Å². The van der Waals surface area contributed by atoms with Crippen molar-refractivity contribution in [1.29, 1.82) is 0 Å². The second-order valence-corrected chi connectivity index (χ2v) is 7.17. The summed E-state index contributed by atoms with van der Waals surface area (Å²) >= 11 is 0. The highest BCUT2D eigenvalue weighted by atomic mass is 32.2. The molecule has 6 heteroatoms. The molecule has 2 unspecified atom stereocenters. The molecule has 0 aromatic heterocycles. The van der Waals surface area contributed by atoms with Crippen molar-refractivity contribution in [2.45, 2.75) is 32.2 Å². The first kappa shape index (κ1) is 14.3. The molecule has 1 aromatic carbocycles. The highest BCUT2D eigenvalue weighted by molar-refractivity contribution is 7.91. The summed E-state index contributed by atoms with van der Waals surface area (Å²) in [7, 11) is -3.25. The van der Waals surface area contributed by atoms with Crippen LogP contribution in [0.1, 0.15) is 24.2 Å². The maximum Gasteiger partial charge on any atom is 0.156 e. The first-order valence-electron chi connectivity index (χ1n) is 6.12. The van der Waals surface area contributed by atoms with E-state index >= 15 is 0 Å². The third kappa shape index (κ3) is 3.26. The monoisotopic (exact) mass is 286 g/mol. The fourth-order valence-corrected chi connectivity index (χ4v) is 3.82. The molecule has 2 N–H and O–H groups in total. The zero-order chi connectivity index (χ0) is 14.2. The molecule has 1 aliphatic heterocycles. The number of sulfone groups is 1. The van der Waals surface area contributed by atoms with Gasteiger partial charge in [-0.25, -0.2) is 8.42 Å². The van der Waals surface area contributed by atoms with Gasteiger partial charge < -0.3 is 14.9 Å². The molecule has 0 spiro atoms. The molecule has 5 nitrogen and oxygen atoms in total. The number of hydrogen-bond acceptors (Lipinski definition) is 5. The molecule has 0 radical (unpaired) electrons. The highest BCUT2D eigenvalue weighted by Gasteiger charge is 2.38. The first-order chi connectivity index (χ1) is 8.78. The van der Waals surface area contributed by atoms with Gasteiger partial charge in [0.05, 0.1) is 17.6 Å². The first-order valence-corrected chi connectivity index (χ1v) is 7.94. The molecule has 3 atom stereocenters. The normalized spacial score (nSPS) is 27.2. The van der Waals surface area contributed by atoms with Gasteiger partial charge >= 0.3 is 0 Å². The number of ether oxygens (including phenoxy) is 1. The molecule has 106 valence electrons. The summed E-state index contributed by atoms with van der Waals surface area (Å²) in [6, 6.07) is 5.32. The van der Waals surface area contributed by atoms with Crippen molar-refractivity contribution in [3.63, 3.8) is 0 Å². The van der Waals surface area contributed by atoms with Gasteiger partial charge in [0.15, 0.2) is 9.84 Å². The molecule has 1 heterocycles. The lowest BCUT2D eigenvalue weighted by atomic mass is 10.1. The Kier molecular flexibility index (Phi) is 3.85. The summed E-state index contributed by atoms with van der Waals surface area (Å²) < 4.78 is 28.5. The van der Waals surface area contributed by atoms with Crippen LogP contribution in [0.15, 0.2) is 18.2 Å². The van der Waals surface area contributed by atoms with Crippen LogP contribution in [0.25, 0.3) is 0 Å². The maximum atomic E-state index is 11.4. The molecular formula is C13H18O5S. The van der Waals surface area contributed by atoms with E-state index in [9.17, 15) is 18.6 Å². The second-order valence-electron chi connectivity index (χ2n) is 5.02. The Morgan fingerprint density at radius 2 is 2.05 bits per heavy atom. The molecule has 1 aliphatic rings. The Labute approximate surface area is 112 Å². The number of rotatable bonds is 3. The van der Waals surface area contributed by atoms with Gasteiger partial charge in [-0.3, -0.25) is 0 Å². The Bertz CT molecular complexity index is 564. The third-order valence-corrected chi connectivity index (χ3v) is 4.86. The van der Waals surface area contributed by atoms with E-state index in [1.165, 1.54) is 0 Å². The van der Waals surface area contributed by atoms with Crippen molar-refractivity contribution < 1.29 is 23.4 Å². The van der Waals surface area contributed by atoms with Crippen molar-refractivity contribution in [1.82, 2.24) is 0 Å². The standard InChI is InChI=1S/C13H18O5S/c1-8-3-4-10(9(2)14)12(5-8)18-13-7-19(16,17)6-11(13)15/h3-5,9,11,13-15H,6-7H2,1-2H3/t9-,11?,13?/m0/s1. The molecule has 1 aromatic rings. The van der Waals surface area contributed by atoms with Gasteiger partial charge in [-0.1, -0.05) is 12.1 Å². The van der Waals surface area contributed by atoms with Crippen molar-refractivity contribution >= 4 is 9.84 Å². The van der Waals surface area contributed by atoms with Crippen LogP contribution in [0.3, 0.4) is 0 Å². The van der Waals surface area contributed by atoms with E-state index in [4.69, 9.17) is 4.74 Å². The van der Waals surface area contributed by atoms with Gasteiger partial charge in [0.2, 0.25) is 0 Å².